The number of rotatable bonds is 0. The summed E-state index contributed by atoms with van der Waals surface area (Å²) in [6.07, 6.45) is -0.0427. The third kappa shape index (κ3) is 1.58. The van der Waals surface area contributed by atoms with Crippen molar-refractivity contribution >= 4 is 17.6 Å². The first-order chi connectivity index (χ1) is 7.08. The number of hydrogen-bond acceptors (Lipinski definition) is 4. The van der Waals surface area contributed by atoms with Crippen LogP contribution >= 0.6 is 0 Å². The summed E-state index contributed by atoms with van der Waals surface area (Å²) in [5.41, 5.74) is -1.48. The van der Waals surface area contributed by atoms with E-state index in [4.69, 9.17) is 0 Å². The molecule has 0 fully saturated rings. The zero-order valence-electron chi connectivity index (χ0n) is 7.57. The number of fused-ring (bicyclic) bond motifs is 1. The molecule has 0 aromatic carbocycles. The molecule has 1 amide bonds. The lowest BCUT2D eigenvalue weighted by Crippen LogP contribution is -2.34. The number of hydrogen-bond donors (Lipinski definition) is 2. The van der Waals surface area contributed by atoms with Crippen LogP contribution in [0.25, 0.3) is 0 Å². The normalized spacial score (nSPS) is 15.5. The summed E-state index contributed by atoms with van der Waals surface area (Å²) in [4.78, 5) is 46.8. The quantitative estimate of drug-likeness (QED) is 0.566. The van der Waals surface area contributed by atoms with Crippen molar-refractivity contribution in [2.75, 3.05) is 5.32 Å². The summed E-state index contributed by atoms with van der Waals surface area (Å²) >= 11 is 0. The van der Waals surface area contributed by atoms with Gasteiger partial charge in [-0.1, -0.05) is 0 Å². The molecule has 0 saturated carbocycles. The summed E-state index contributed by atoms with van der Waals surface area (Å²) in [6, 6.07) is 1.00. The standard InChI is InChI=1S/C8H7N3O4/c12-5-1-2-7(14)11-4(9-5)3-6(13)10-8(11)15/h3H,1-2H2,(H,9,12)(H,10,13,15). The Balaban J connectivity index is 2.72. The number of carbonyl (C=O) groups excluding carboxylic acids is 2. The molecule has 1 aliphatic rings. The molecule has 0 bridgehead atoms. The van der Waals surface area contributed by atoms with Crippen LogP contribution in [0.3, 0.4) is 0 Å². The van der Waals surface area contributed by atoms with E-state index in [2.05, 4.69) is 5.32 Å². The number of nitrogens with one attached hydrogen (secondary N) is 2. The molecule has 2 heterocycles. The van der Waals surface area contributed by atoms with E-state index < -0.39 is 17.2 Å². The smallest absolute Gasteiger partial charge is 0.311 e. The number of aromatic nitrogens is 2. The van der Waals surface area contributed by atoms with Crippen LogP contribution in [0.5, 0.6) is 0 Å². The molecule has 7 nitrogen and oxygen atoms in total. The Hall–Kier alpha value is -2.18. The Labute approximate surface area is 82.7 Å². The maximum atomic E-state index is 11.4. The fourth-order valence-corrected chi connectivity index (χ4v) is 1.37. The minimum atomic E-state index is -0.829. The fraction of sp³-hybridized carbons (Fsp3) is 0.250. The number of carbonyl (C=O) groups is 2. The first-order valence-electron chi connectivity index (χ1n) is 4.27. The van der Waals surface area contributed by atoms with Crippen LogP contribution in [-0.4, -0.2) is 21.4 Å². The van der Waals surface area contributed by atoms with Gasteiger partial charge in [-0.15, -0.1) is 0 Å². The molecule has 78 valence electrons. The Morgan fingerprint density at radius 3 is 2.60 bits per heavy atom. The van der Waals surface area contributed by atoms with Crippen molar-refractivity contribution in [2.24, 2.45) is 0 Å². The summed E-state index contributed by atoms with van der Waals surface area (Å²) < 4.78 is 0.756. The van der Waals surface area contributed by atoms with E-state index in [1.807, 2.05) is 4.98 Å². The van der Waals surface area contributed by atoms with Crippen molar-refractivity contribution < 1.29 is 9.59 Å². The summed E-state index contributed by atoms with van der Waals surface area (Å²) in [5, 5.41) is 2.32. The van der Waals surface area contributed by atoms with Gasteiger partial charge in [0.2, 0.25) is 11.8 Å². The molecule has 7 heteroatoms. The van der Waals surface area contributed by atoms with E-state index in [0.717, 1.165) is 10.6 Å². The molecular formula is C8H7N3O4. The summed E-state index contributed by atoms with van der Waals surface area (Å²) in [6.45, 7) is 0. The summed E-state index contributed by atoms with van der Waals surface area (Å²) in [7, 11) is 0. The minimum absolute atomic E-state index is 0.00808. The van der Waals surface area contributed by atoms with Crippen LogP contribution in [0, 0.1) is 0 Å². The van der Waals surface area contributed by atoms with Crippen LogP contribution in [0.15, 0.2) is 15.7 Å². The van der Waals surface area contributed by atoms with Crippen molar-refractivity contribution in [3.8, 4) is 0 Å². The van der Waals surface area contributed by atoms with Gasteiger partial charge in [-0.2, -0.15) is 0 Å². The molecule has 15 heavy (non-hydrogen) atoms. The monoisotopic (exact) mass is 209 g/mol. The number of amides is 1. The van der Waals surface area contributed by atoms with E-state index in [1.54, 1.807) is 0 Å². The topological polar surface area (TPSA) is 101 Å². The third-order valence-corrected chi connectivity index (χ3v) is 2.02. The second kappa shape index (κ2) is 3.19. The predicted octanol–water partition coefficient (Wildman–Crippen LogP) is -1.09. The van der Waals surface area contributed by atoms with Gasteiger partial charge in [-0.05, 0) is 0 Å². The lowest BCUT2D eigenvalue weighted by molar-refractivity contribution is -0.116. The molecule has 1 aromatic rings. The molecule has 1 aromatic heterocycles. The second-order valence-electron chi connectivity index (χ2n) is 3.10. The molecule has 2 rings (SSSR count). The Kier molecular flexibility index (Phi) is 2.00. The van der Waals surface area contributed by atoms with Gasteiger partial charge < -0.3 is 5.32 Å². The van der Waals surface area contributed by atoms with Crippen molar-refractivity contribution in [1.82, 2.24) is 9.55 Å². The lowest BCUT2D eigenvalue weighted by atomic mass is 10.3. The average Bonchev–Trinajstić information content (AvgIpc) is 2.25. The molecule has 0 aliphatic carbocycles. The van der Waals surface area contributed by atoms with Gasteiger partial charge in [-0.3, -0.25) is 19.4 Å². The van der Waals surface area contributed by atoms with Crippen molar-refractivity contribution in [3.63, 3.8) is 0 Å². The van der Waals surface area contributed by atoms with Crippen molar-refractivity contribution in [3.05, 3.63) is 26.9 Å². The van der Waals surface area contributed by atoms with E-state index in [1.165, 1.54) is 0 Å². The van der Waals surface area contributed by atoms with Crippen LogP contribution in [0.4, 0.5) is 5.82 Å². The van der Waals surface area contributed by atoms with Gasteiger partial charge >= 0.3 is 5.69 Å². The molecule has 0 atom stereocenters. The SMILES string of the molecule is O=C1CCC(=O)n2c(cc(=O)[nH]c2=O)N1. The Morgan fingerprint density at radius 2 is 1.87 bits per heavy atom. The van der Waals surface area contributed by atoms with Crippen LogP contribution in [0.1, 0.15) is 17.6 Å². The van der Waals surface area contributed by atoms with E-state index in [9.17, 15) is 19.2 Å². The summed E-state index contributed by atoms with van der Waals surface area (Å²) in [5.74, 6) is -0.972. The van der Waals surface area contributed by atoms with E-state index in [-0.39, 0.29) is 24.6 Å². The van der Waals surface area contributed by atoms with Gasteiger partial charge in [0.05, 0.1) is 0 Å². The maximum Gasteiger partial charge on any atom is 0.336 e. The molecule has 0 saturated heterocycles. The zero-order chi connectivity index (χ0) is 11.0. The highest BCUT2D eigenvalue weighted by atomic mass is 16.2. The van der Waals surface area contributed by atoms with Gasteiger partial charge in [0.15, 0.2) is 0 Å². The minimum Gasteiger partial charge on any atom is -0.311 e. The maximum absolute atomic E-state index is 11.4. The molecule has 0 radical (unpaired) electrons. The van der Waals surface area contributed by atoms with Gasteiger partial charge in [-0.25, -0.2) is 9.36 Å². The van der Waals surface area contributed by atoms with Gasteiger partial charge in [0.1, 0.15) is 5.82 Å². The fourth-order valence-electron chi connectivity index (χ4n) is 1.37. The van der Waals surface area contributed by atoms with Crippen LogP contribution in [-0.2, 0) is 4.79 Å². The van der Waals surface area contributed by atoms with E-state index in [0.29, 0.717) is 0 Å². The highest BCUT2D eigenvalue weighted by molar-refractivity contribution is 5.97. The van der Waals surface area contributed by atoms with Crippen molar-refractivity contribution in [2.45, 2.75) is 12.8 Å². The first kappa shape index (κ1) is 9.38. The predicted molar refractivity (Wildman–Crippen MR) is 49.8 cm³/mol. The highest BCUT2D eigenvalue weighted by Crippen LogP contribution is 2.09. The second-order valence-corrected chi connectivity index (χ2v) is 3.10. The first-order valence-corrected chi connectivity index (χ1v) is 4.27. The van der Waals surface area contributed by atoms with E-state index >= 15 is 0 Å². The third-order valence-electron chi connectivity index (χ3n) is 2.02. The van der Waals surface area contributed by atoms with Gasteiger partial charge in [0.25, 0.3) is 5.56 Å². The van der Waals surface area contributed by atoms with Gasteiger partial charge in [0, 0.05) is 18.9 Å². The average molecular weight is 209 g/mol. The zero-order valence-corrected chi connectivity index (χ0v) is 7.57. The number of nitrogens with zero attached hydrogens (tertiary/aromatic N) is 1. The molecular weight excluding hydrogens is 202 g/mol. The van der Waals surface area contributed by atoms with Crippen LogP contribution in [0.2, 0.25) is 0 Å². The number of aromatic amines is 1. The van der Waals surface area contributed by atoms with Crippen molar-refractivity contribution in [1.29, 1.82) is 0 Å². The van der Waals surface area contributed by atoms with Crippen LogP contribution < -0.4 is 16.6 Å². The largest absolute Gasteiger partial charge is 0.336 e. The Morgan fingerprint density at radius 1 is 1.13 bits per heavy atom. The molecule has 1 aliphatic heterocycles. The number of H-pyrrole nitrogens is 1. The molecule has 2 N–H and O–H groups in total. The Bertz CT molecular complexity index is 554. The highest BCUT2D eigenvalue weighted by Gasteiger charge is 2.20. The molecule has 0 spiro atoms. The lowest BCUT2D eigenvalue weighted by Gasteiger charge is -2.05. The number of anilines is 1. The molecule has 0 unspecified atom stereocenters.